The molecule has 0 aromatic heterocycles. The first-order chi connectivity index (χ1) is 6.24. The highest BCUT2D eigenvalue weighted by molar-refractivity contribution is 9.09. The lowest BCUT2D eigenvalue weighted by Crippen LogP contribution is -1.80. The van der Waals surface area contributed by atoms with E-state index in [0.29, 0.717) is 5.75 Å². The van der Waals surface area contributed by atoms with Crippen molar-refractivity contribution in [3.8, 4) is 17.6 Å². The van der Waals surface area contributed by atoms with Crippen molar-refractivity contribution in [3.63, 3.8) is 0 Å². The molecule has 0 saturated carbocycles. The maximum atomic E-state index is 9.15. The molecular weight excluding hydrogens is 228 g/mol. The number of rotatable bonds is 1. The van der Waals surface area contributed by atoms with Crippen LogP contribution in [0.1, 0.15) is 17.5 Å². The van der Waals surface area contributed by atoms with Crippen LogP contribution in [0.2, 0.25) is 0 Å². The molecule has 2 heteroatoms. The van der Waals surface area contributed by atoms with Crippen LogP contribution in [0.25, 0.3) is 0 Å². The monoisotopic (exact) mass is 238 g/mol. The van der Waals surface area contributed by atoms with Crippen molar-refractivity contribution in [3.05, 3.63) is 29.3 Å². The summed E-state index contributed by atoms with van der Waals surface area (Å²) < 4.78 is 0. The second-order valence-corrected chi connectivity index (χ2v) is 3.53. The van der Waals surface area contributed by atoms with Crippen LogP contribution >= 0.6 is 15.9 Å². The van der Waals surface area contributed by atoms with E-state index in [4.69, 9.17) is 5.11 Å². The van der Waals surface area contributed by atoms with E-state index < -0.39 is 0 Å². The fourth-order valence-electron chi connectivity index (χ4n) is 0.993. The molecular formula is C11H11BrO. The van der Waals surface area contributed by atoms with Crippen molar-refractivity contribution in [2.24, 2.45) is 0 Å². The molecule has 13 heavy (non-hydrogen) atoms. The fourth-order valence-corrected chi connectivity index (χ4v) is 1.19. The molecule has 68 valence electrons. The molecule has 0 atom stereocenters. The Bertz CT molecular complexity index is 347. The zero-order chi connectivity index (χ0) is 9.68. The molecule has 0 amide bonds. The molecule has 0 unspecified atom stereocenters. The first kappa shape index (κ1) is 10.1. The molecule has 1 N–H and O–H groups in total. The van der Waals surface area contributed by atoms with E-state index in [1.54, 1.807) is 12.1 Å². The predicted octanol–water partition coefficient (Wildman–Crippen LogP) is 2.84. The van der Waals surface area contributed by atoms with Crippen molar-refractivity contribution >= 4 is 15.9 Å². The van der Waals surface area contributed by atoms with Crippen LogP contribution in [0.4, 0.5) is 0 Å². The van der Waals surface area contributed by atoms with Crippen LogP contribution in [0.15, 0.2) is 18.2 Å². The summed E-state index contributed by atoms with van der Waals surface area (Å²) in [7, 11) is 0. The summed E-state index contributed by atoms with van der Waals surface area (Å²) in [5.74, 6) is 6.38. The maximum Gasteiger partial charge on any atom is 0.115 e. The van der Waals surface area contributed by atoms with Gasteiger partial charge in [0.05, 0.1) is 0 Å². The molecule has 0 aliphatic rings. The highest BCUT2D eigenvalue weighted by Gasteiger charge is 1.94. The SMILES string of the molecule is Cc1cc(O)ccc1C#CCCBr. The van der Waals surface area contributed by atoms with Gasteiger partial charge >= 0.3 is 0 Å². The third-order valence-electron chi connectivity index (χ3n) is 1.65. The molecule has 0 bridgehead atoms. The average molecular weight is 239 g/mol. The first-order valence-electron chi connectivity index (χ1n) is 4.08. The van der Waals surface area contributed by atoms with Gasteiger partial charge in [0.2, 0.25) is 0 Å². The number of aryl methyl sites for hydroxylation is 1. The number of halogens is 1. The van der Waals surface area contributed by atoms with Crippen LogP contribution in [0.5, 0.6) is 5.75 Å². The van der Waals surface area contributed by atoms with Crippen molar-refractivity contribution in [2.75, 3.05) is 5.33 Å². The van der Waals surface area contributed by atoms with E-state index in [2.05, 4.69) is 27.8 Å². The Morgan fingerprint density at radius 1 is 1.46 bits per heavy atom. The summed E-state index contributed by atoms with van der Waals surface area (Å²) in [6.07, 6.45) is 0.848. The minimum absolute atomic E-state index is 0.295. The molecule has 1 rings (SSSR count). The molecule has 0 heterocycles. The van der Waals surface area contributed by atoms with Gasteiger partial charge in [-0.25, -0.2) is 0 Å². The van der Waals surface area contributed by atoms with Crippen molar-refractivity contribution in [2.45, 2.75) is 13.3 Å². The van der Waals surface area contributed by atoms with Gasteiger partial charge in [-0.1, -0.05) is 27.8 Å². The lowest BCUT2D eigenvalue weighted by atomic mass is 10.1. The van der Waals surface area contributed by atoms with E-state index >= 15 is 0 Å². The van der Waals surface area contributed by atoms with Crippen LogP contribution < -0.4 is 0 Å². The molecule has 0 aliphatic heterocycles. The van der Waals surface area contributed by atoms with Crippen LogP contribution in [0.3, 0.4) is 0 Å². The summed E-state index contributed by atoms with van der Waals surface area (Å²) in [5.41, 5.74) is 2.00. The molecule has 0 saturated heterocycles. The second kappa shape index (κ2) is 4.94. The Morgan fingerprint density at radius 2 is 2.23 bits per heavy atom. The number of hydrogen-bond donors (Lipinski definition) is 1. The lowest BCUT2D eigenvalue weighted by Gasteiger charge is -1.97. The van der Waals surface area contributed by atoms with Crippen LogP contribution in [0, 0.1) is 18.8 Å². The summed E-state index contributed by atoms with van der Waals surface area (Å²) in [4.78, 5) is 0. The zero-order valence-electron chi connectivity index (χ0n) is 7.47. The lowest BCUT2D eigenvalue weighted by molar-refractivity contribution is 0.475. The molecule has 1 aromatic carbocycles. The predicted molar refractivity (Wildman–Crippen MR) is 58.1 cm³/mol. The van der Waals surface area contributed by atoms with Crippen molar-refractivity contribution < 1.29 is 5.11 Å². The van der Waals surface area contributed by atoms with E-state index in [1.807, 2.05) is 13.0 Å². The number of phenolic OH excluding ortho intramolecular Hbond substituents is 1. The normalized spacial score (nSPS) is 9.08. The summed E-state index contributed by atoms with van der Waals surface area (Å²) in [5, 5.41) is 10.1. The largest absolute Gasteiger partial charge is 0.508 e. The minimum atomic E-state index is 0.295. The Morgan fingerprint density at radius 3 is 2.85 bits per heavy atom. The Hall–Kier alpha value is -0.940. The molecule has 0 spiro atoms. The number of alkyl halides is 1. The quantitative estimate of drug-likeness (QED) is 0.590. The van der Waals surface area contributed by atoms with Gasteiger partial charge in [0.25, 0.3) is 0 Å². The molecule has 1 aromatic rings. The van der Waals surface area contributed by atoms with Gasteiger partial charge in [0.1, 0.15) is 5.75 Å². The molecule has 1 nitrogen and oxygen atoms in total. The van der Waals surface area contributed by atoms with Crippen molar-refractivity contribution in [1.82, 2.24) is 0 Å². The fraction of sp³-hybridized carbons (Fsp3) is 0.273. The van der Waals surface area contributed by atoms with E-state index in [-0.39, 0.29) is 0 Å². The second-order valence-electron chi connectivity index (χ2n) is 2.74. The standard InChI is InChI=1S/C11H11BrO/c1-9-8-11(13)6-5-10(9)4-2-3-7-12/h5-6,8,13H,3,7H2,1H3. The number of phenols is 1. The number of benzene rings is 1. The Labute approximate surface area is 86.9 Å². The Balaban J connectivity index is 2.85. The van der Waals surface area contributed by atoms with Crippen LogP contribution in [-0.4, -0.2) is 10.4 Å². The highest BCUT2D eigenvalue weighted by Crippen LogP contribution is 2.14. The van der Waals surface area contributed by atoms with Gasteiger partial charge in [-0.15, -0.1) is 0 Å². The summed E-state index contributed by atoms with van der Waals surface area (Å²) in [6.45, 7) is 1.94. The third kappa shape index (κ3) is 3.12. The Kier molecular flexibility index (Phi) is 3.85. The summed E-state index contributed by atoms with van der Waals surface area (Å²) >= 11 is 3.31. The first-order valence-corrected chi connectivity index (χ1v) is 5.20. The minimum Gasteiger partial charge on any atom is -0.508 e. The smallest absolute Gasteiger partial charge is 0.115 e. The van der Waals surface area contributed by atoms with Crippen molar-refractivity contribution in [1.29, 1.82) is 0 Å². The number of aromatic hydroxyl groups is 1. The van der Waals surface area contributed by atoms with E-state index in [9.17, 15) is 0 Å². The molecule has 0 aliphatic carbocycles. The van der Waals surface area contributed by atoms with Gasteiger partial charge < -0.3 is 5.11 Å². The van der Waals surface area contributed by atoms with E-state index in [0.717, 1.165) is 22.9 Å². The third-order valence-corrected chi connectivity index (χ3v) is 2.05. The van der Waals surface area contributed by atoms with Gasteiger partial charge in [-0.3, -0.25) is 0 Å². The van der Waals surface area contributed by atoms with Gasteiger partial charge in [0.15, 0.2) is 0 Å². The molecule has 0 fully saturated rings. The number of hydrogen-bond acceptors (Lipinski definition) is 1. The summed E-state index contributed by atoms with van der Waals surface area (Å²) in [6, 6.07) is 5.22. The zero-order valence-corrected chi connectivity index (χ0v) is 9.06. The van der Waals surface area contributed by atoms with Gasteiger partial charge in [-0.05, 0) is 30.7 Å². The van der Waals surface area contributed by atoms with Gasteiger partial charge in [0, 0.05) is 17.3 Å². The average Bonchev–Trinajstić information content (AvgIpc) is 2.09. The topological polar surface area (TPSA) is 20.2 Å². The highest BCUT2D eigenvalue weighted by atomic mass is 79.9. The molecule has 0 radical (unpaired) electrons. The van der Waals surface area contributed by atoms with E-state index in [1.165, 1.54) is 0 Å². The maximum absolute atomic E-state index is 9.15. The van der Waals surface area contributed by atoms with Crippen LogP contribution in [-0.2, 0) is 0 Å². The van der Waals surface area contributed by atoms with Gasteiger partial charge in [-0.2, -0.15) is 0 Å².